The van der Waals surface area contributed by atoms with E-state index in [9.17, 15) is 5.26 Å². The summed E-state index contributed by atoms with van der Waals surface area (Å²) in [7, 11) is 0. The van der Waals surface area contributed by atoms with Crippen LogP contribution in [0.3, 0.4) is 0 Å². The average molecular weight is 257 g/mol. The Balaban J connectivity index is 2.28. The second kappa shape index (κ2) is 6.70. The van der Waals surface area contributed by atoms with Gasteiger partial charge in [-0.05, 0) is 24.0 Å². The molecule has 3 heteroatoms. The third-order valence-corrected chi connectivity index (χ3v) is 3.73. The van der Waals surface area contributed by atoms with Crippen molar-refractivity contribution in [3.05, 3.63) is 35.4 Å². The maximum Gasteiger partial charge on any atom is 0.0995 e. The van der Waals surface area contributed by atoms with Crippen molar-refractivity contribution in [1.82, 2.24) is 10.2 Å². The Morgan fingerprint density at radius 1 is 1.26 bits per heavy atom. The Bertz CT molecular complexity index is 442. The molecule has 0 aromatic heterocycles. The number of piperazine rings is 1. The van der Waals surface area contributed by atoms with Crippen LogP contribution in [-0.2, 0) is 0 Å². The van der Waals surface area contributed by atoms with Crippen molar-refractivity contribution in [2.24, 2.45) is 5.92 Å². The highest BCUT2D eigenvalue weighted by molar-refractivity contribution is 5.39. The van der Waals surface area contributed by atoms with Crippen LogP contribution in [0.2, 0.25) is 0 Å². The van der Waals surface area contributed by atoms with Gasteiger partial charge in [-0.3, -0.25) is 4.90 Å². The van der Waals surface area contributed by atoms with Crippen molar-refractivity contribution in [1.29, 1.82) is 5.26 Å². The topological polar surface area (TPSA) is 39.1 Å². The Kier molecular flexibility index (Phi) is 4.95. The van der Waals surface area contributed by atoms with E-state index < -0.39 is 0 Å². The summed E-state index contributed by atoms with van der Waals surface area (Å²) in [5.41, 5.74) is 2.02. The van der Waals surface area contributed by atoms with E-state index in [1.165, 1.54) is 5.56 Å². The van der Waals surface area contributed by atoms with Crippen LogP contribution in [0.25, 0.3) is 0 Å². The summed E-state index contributed by atoms with van der Waals surface area (Å²) in [5, 5.41) is 12.7. The van der Waals surface area contributed by atoms with Gasteiger partial charge in [0, 0.05) is 32.2 Å². The van der Waals surface area contributed by atoms with E-state index >= 15 is 0 Å². The zero-order valence-corrected chi connectivity index (χ0v) is 11.9. The fourth-order valence-corrected chi connectivity index (χ4v) is 2.80. The van der Waals surface area contributed by atoms with Gasteiger partial charge < -0.3 is 5.32 Å². The molecule has 1 fully saturated rings. The van der Waals surface area contributed by atoms with Gasteiger partial charge in [-0.15, -0.1) is 0 Å². The molecule has 1 aromatic carbocycles. The van der Waals surface area contributed by atoms with E-state index in [0.717, 1.165) is 38.2 Å². The SMILES string of the molecule is CC(C)C[C@@H](c1ccccc1C#N)N1CCNCC1. The van der Waals surface area contributed by atoms with E-state index in [-0.39, 0.29) is 0 Å². The number of nitrogens with zero attached hydrogens (tertiary/aromatic N) is 2. The maximum atomic E-state index is 9.32. The highest BCUT2D eigenvalue weighted by atomic mass is 15.2. The summed E-state index contributed by atoms with van der Waals surface area (Å²) < 4.78 is 0. The molecule has 1 N–H and O–H groups in total. The molecular weight excluding hydrogens is 234 g/mol. The van der Waals surface area contributed by atoms with Crippen LogP contribution in [0.5, 0.6) is 0 Å². The first-order chi connectivity index (χ1) is 9.22. The third kappa shape index (κ3) is 3.56. The molecule has 0 saturated carbocycles. The average Bonchev–Trinajstić information content (AvgIpc) is 2.45. The summed E-state index contributed by atoms with van der Waals surface area (Å²) in [6.07, 6.45) is 1.11. The molecule has 1 saturated heterocycles. The second-order valence-corrected chi connectivity index (χ2v) is 5.63. The van der Waals surface area contributed by atoms with Crippen LogP contribution in [-0.4, -0.2) is 31.1 Å². The molecule has 1 aromatic rings. The van der Waals surface area contributed by atoms with Gasteiger partial charge in [0.25, 0.3) is 0 Å². The largest absolute Gasteiger partial charge is 0.314 e. The Morgan fingerprint density at radius 3 is 2.58 bits per heavy atom. The Morgan fingerprint density at radius 2 is 1.95 bits per heavy atom. The fraction of sp³-hybridized carbons (Fsp3) is 0.562. The number of nitrogens with one attached hydrogen (secondary N) is 1. The van der Waals surface area contributed by atoms with Crippen molar-refractivity contribution in [2.45, 2.75) is 26.3 Å². The van der Waals surface area contributed by atoms with Crippen LogP contribution in [0, 0.1) is 17.2 Å². The normalized spacial score (nSPS) is 18.2. The zero-order valence-electron chi connectivity index (χ0n) is 11.9. The van der Waals surface area contributed by atoms with Gasteiger partial charge in [0.05, 0.1) is 11.6 Å². The van der Waals surface area contributed by atoms with Gasteiger partial charge in [0.1, 0.15) is 0 Å². The molecule has 1 heterocycles. The van der Waals surface area contributed by atoms with Crippen LogP contribution in [0.15, 0.2) is 24.3 Å². The molecule has 19 heavy (non-hydrogen) atoms. The van der Waals surface area contributed by atoms with Crippen LogP contribution >= 0.6 is 0 Å². The molecule has 0 unspecified atom stereocenters. The molecule has 0 aliphatic carbocycles. The monoisotopic (exact) mass is 257 g/mol. The number of hydrogen-bond donors (Lipinski definition) is 1. The van der Waals surface area contributed by atoms with Crippen LogP contribution in [0.4, 0.5) is 0 Å². The van der Waals surface area contributed by atoms with Gasteiger partial charge in [0.15, 0.2) is 0 Å². The summed E-state index contributed by atoms with van der Waals surface area (Å²) in [5.74, 6) is 0.631. The standard InChI is InChI=1S/C16H23N3/c1-13(2)11-16(19-9-7-18-8-10-19)15-6-4-3-5-14(15)12-17/h3-6,13,16,18H,7-11H2,1-2H3/t16-/m0/s1. The van der Waals surface area contributed by atoms with Crippen LogP contribution < -0.4 is 5.32 Å². The highest BCUT2D eigenvalue weighted by Crippen LogP contribution is 2.30. The first kappa shape index (κ1) is 14.0. The van der Waals surface area contributed by atoms with Crippen LogP contribution in [0.1, 0.15) is 37.4 Å². The minimum atomic E-state index is 0.373. The first-order valence-electron chi connectivity index (χ1n) is 7.16. The lowest BCUT2D eigenvalue weighted by molar-refractivity contribution is 0.154. The molecule has 0 radical (unpaired) electrons. The molecule has 3 nitrogen and oxygen atoms in total. The van der Waals surface area contributed by atoms with Gasteiger partial charge in [-0.2, -0.15) is 5.26 Å². The van der Waals surface area contributed by atoms with E-state index in [4.69, 9.17) is 0 Å². The fourth-order valence-electron chi connectivity index (χ4n) is 2.80. The predicted octanol–water partition coefficient (Wildman–Crippen LogP) is 2.55. The lowest BCUT2D eigenvalue weighted by Gasteiger charge is -2.36. The number of nitriles is 1. The highest BCUT2D eigenvalue weighted by Gasteiger charge is 2.24. The van der Waals surface area contributed by atoms with Crippen molar-refractivity contribution in [3.63, 3.8) is 0 Å². The van der Waals surface area contributed by atoms with Gasteiger partial charge in [-0.1, -0.05) is 32.0 Å². The molecule has 0 spiro atoms. The molecule has 1 aliphatic rings. The van der Waals surface area contributed by atoms with Gasteiger partial charge in [0.2, 0.25) is 0 Å². The van der Waals surface area contributed by atoms with Crippen molar-refractivity contribution < 1.29 is 0 Å². The smallest absolute Gasteiger partial charge is 0.0995 e. The van der Waals surface area contributed by atoms with Gasteiger partial charge >= 0.3 is 0 Å². The van der Waals surface area contributed by atoms with Crippen molar-refractivity contribution in [2.75, 3.05) is 26.2 Å². The Labute approximate surface area is 116 Å². The van der Waals surface area contributed by atoms with E-state index in [1.54, 1.807) is 0 Å². The number of hydrogen-bond acceptors (Lipinski definition) is 3. The Hall–Kier alpha value is -1.37. The summed E-state index contributed by atoms with van der Waals surface area (Å²) in [4.78, 5) is 2.52. The molecule has 1 atom stereocenters. The van der Waals surface area contributed by atoms with Crippen molar-refractivity contribution in [3.8, 4) is 6.07 Å². The minimum Gasteiger partial charge on any atom is -0.314 e. The lowest BCUT2D eigenvalue weighted by atomic mass is 9.92. The van der Waals surface area contributed by atoms with Gasteiger partial charge in [-0.25, -0.2) is 0 Å². The summed E-state index contributed by atoms with van der Waals surface area (Å²) in [6, 6.07) is 10.8. The van der Waals surface area contributed by atoms with E-state index in [1.807, 2.05) is 18.2 Å². The molecule has 2 rings (SSSR count). The number of rotatable bonds is 4. The number of benzene rings is 1. The summed E-state index contributed by atoms with van der Waals surface area (Å²) in [6.45, 7) is 8.73. The maximum absolute atomic E-state index is 9.32. The molecule has 1 aliphatic heterocycles. The zero-order chi connectivity index (χ0) is 13.7. The summed E-state index contributed by atoms with van der Waals surface area (Å²) >= 11 is 0. The quantitative estimate of drug-likeness (QED) is 0.901. The van der Waals surface area contributed by atoms with E-state index in [0.29, 0.717) is 12.0 Å². The molecule has 0 amide bonds. The predicted molar refractivity (Wildman–Crippen MR) is 77.8 cm³/mol. The molecule has 0 bridgehead atoms. The third-order valence-electron chi connectivity index (χ3n) is 3.73. The molecule has 102 valence electrons. The van der Waals surface area contributed by atoms with Crippen molar-refractivity contribution >= 4 is 0 Å². The lowest BCUT2D eigenvalue weighted by Crippen LogP contribution is -2.45. The second-order valence-electron chi connectivity index (χ2n) is 5.63. The molecular formula is C16H23N3. The first-order valence-corrected chi connectivity index (χ1v) is 7.16. The minimum absolute atomic E-state index is 0.373. The van der Waals surface area contributed by atoms with E-state index in [2.05, 4.69) is 36.2 Å².